The molecule has 0 bridgehead atoms. The summed E-state index contributed by atoms with van der Waals surface area (Å²) in [6, 6.07) is 0.890. The largest absolute Gasteiger partial charge is 0.500 e. The molecule has 0 rings (SSSR count). The third-order valence-electron chi connectivity index (χ3n) is 5.81. The molecule has 0 unspecified atom stereocenters. The van der Waals surface area contributed by atoms with Gasteiger partial charge in [-0.2, -0.15) is 0 Å². The quantitative estimate of drug-likeness (QED) is 0.113. The Morgan fingerprint density at radius 2 is 0.966 bits per heavy atom. The molecule has 0 aliphatic carbocycles. The maximum Gasteiger partial charge on any atom is 0.500 e. The van der Waals surface area contributed by atoms with E-state index in [1.54, 1.807) is 14.2 Å². The summed E-state index contributed by atoms with van der Waals surface area (Å²) in [5.74, 6) is 0. The van der Waals surface area contributed by atoms with Gasteiger partial charge >= 0.3 is 8.80 Å². The predicted molar refractivity (Wildman–Crippen MR) is 125 cm³/mol. The lowest BCUT2D eigenvalue weighted by atomic mass is 10.1. The van der Waals surface area contributed by atoms with Crippen LogP contribution in [0.15, 0.2) is 0 Å². The molecule has 0 saturated heterocycles. The molecular weight excluding hydrogens is 383 g/mol. The average molecular weight is 435 g/mol. The maximum absolute atomic E-state index is 12.1. The van der Waals surface area contributed by atoms with Crippen LogP contribution >= 0.6 is 0 Å². The number of alkyl halides is 1. The lowest BCUT2D eigenvalue weighted by Gasteiger charge is -2.26. The lowest BCUT2D eigenvalue weighted by molar-refractivity contribution is 0.0955. The molecule has 176 valence electrons. The summed E-state index contributed by atoms with van der Waals surface area (Å²) in [7, 11) is 0.964. The summed E-state index contributed by atoms with van der Waals surface area (Å²) in [6.45, 7) is 2.84. The molecule has 3 nitrogen and oxygen atoms in total. The Morgan fingerprint density at radius 3 is 1.41 bits per heavy atom. The molecule has 0 saturated carbocycles. The number of rotatable bonds is 24. The average Bonchev–Trinajstić information content (AvgIpc) is 2.75. The second-order valence-electron chi connectivity index (χ2n) is 8.39. The first-order valence-corrected chi connectivity index (χ1v) is 14.5. The third-order valence-corrected chi connectivity index (χ3v) is 8.66. The molecule has 0 heterocycles. The molecule has 0 spiro atoms. The van der Waals surface area contributed by atoms with Crippen molar-refractivity contribution in [2.75, 3.05) is 27.5 Å². The van der Waals surface area contributed by atoms with Crippen LogP contribution < -0.4 is 0 Å². The van der Waals surface area contributed by atoms with Gasteiger partial charge in [0.1, 0.15) is 0 Å². The molecule has 0 aromatic carbocycles. The van der Waals surface area contributed by atoms with Gasteiger partial charge in [-0.25, -0.2) is 0 Å². The minimum absolute atomic E-state index is 0.184. The Morgan fingerprint density at radius 1 is 0.552 bits per heavy atom. The zero-order chi connectivity index (χ0) is 21.5. The van der Waals surface area contributed by atoms with Crippen molar-refractivity contribution in [1.82, 2.24) is 0 Å². The van der Waals surface area contributed by atoms with Crippen LogP contribution in [0.25, 0.3) is 0 Å². The van der Waals surface area contributed by atoms with Gasteiger partial charge in [0.25, 0.3) is 0 Å². The fourth-order valence-corrected chi connectivity index (χ4v) is 5.88. The van der Waals surface area contributed by atoms with Gasteiger partial charge in [0.05, 0.1) is 6.67 Å². The summed E-state index contributed by atoms with van der Waals surface area (Å²) < 4.78 is 29.6. The van der Waals surface area contributed by atoms with Crippen LogP contribution in [-0.2, 0) is 13.3 Å². The van der Waals surface area contributed by atoms with Crippen molar-refractivity contribution < 1.29 is 17.7 Å². The van der Waals surface area contributed by atoms with Crippen molar-refractivity contribution in [2.24, 2.45) is 0 Å². The molecule has 5 heteroatoms. The minimum atomic E-state index is -2.48. The molecule has 0 aromatic heterocycles. The van der Waals surface area contributed by atoms with Gasteiger partial charge in [0, 0.05) is 26.9 Å². The van der Waals surface area contributed by atoms with Crippen molar-refractivity contribution in [1.29, 1.82) is 0 Å². The van der Waals surface area contributed by atoms with Gasteiger partial charge in [0.2, 0.25) is 0 Å². The summed E-state index contributed by atoms with van der Waals surface area (Å²) in [6.07, 6.45) is 22.4. The Kier molecular flexibility index (Phi) is 22.7. The highest BCUT2D eigenvalue weighted by molar-refractivity contribution is 6.60. The zero-order valence-electron chi connectivity index (χ0n) is 20.0. The van der Waals surface area contributed by atoms with Gasteiger partial charge < -0.3 is 13.3 Å². The van der Waals surface area contributed by atoms with Crippen molar-refractivity contribution in [3.63, 3.8) is 0 Å². The first-order valence-electron chi connectivity index (χ1n) is 12.5. The highest BCUT2D eigenvalue weighted by Crippen LogP contribution is 2.20. The van der Waals surface area contributed by atoms with Crippen LogP contribution in [0, 0.1) is 0 Å². The normalized spacial score (nSPS) is 12.0. The van der Waals surface area contributed by atoms with Crippen LogP contribution in [0.2, 0.25) is 6.04 Å². The molecule has 0 atom stereocenters. The van der Waals surface area contributed by atoms with E-state index in [2.05, 4.69) is 6.92 Å². The first-order chi connectivity index (χ1) is 14.2. The lowest BCUT2D eigenvalue weighted by Crippen LogP contribution is -2.44. The maximum atomic E-state index is 12.1. The van der Waals surface area contributed by atoms with Crippen LogP contribution in [0.3, 0.4) is 0 Å². The molecule has 0 amide bonds. The number of unbranched alkanes of at least 4 members (excludes halogenated alkanes) is 16. The second kappa shape index (κ2) is 22.7. The van der Waals surface area contributed by atoms with Crippen molar-refractivity contribution in [3.05, 3.63) is 0 Å². The fraction of sp³-hybridized carbons (Fsp3) is 1.00. The van der Waals surface area contributed by atoms with Crippen molar-refractivity contribution >= 4 is 8.80 Å². The predicted octanol–water partition coefficient (Wildman–Crippen LogP) is 8.25. The van der Waals surface area contributed by atoms with Gasteiger partial charge in [-0.05, 0) is 19.3 Å². The molecule has 0 fully saturated rings. The third kappa shape index (κ3) is 18.5. The van der Waals surface area contributed by atoms with Crippen molar-refractivity contribution in [3.8, 4) is 0 Å². The number of hydrogen-bond acceptors (Lipinski definition) is 3. The molecule has 0 aromatic rings. The smallest absolute Gasteiger partial charge is 0.377 e. The van der Waals surface area contributed by atoms with E-state index in [9.17, 15) is 4.39 Å². The van der Waals surface area contributed by atoms with E-state index >= 15 is 0 Å². The van der Waals surface area contributed by atoms with Gasteiger partial charge in [0.15, 0.2) is 0 Å². The van der Waals surface area contributed by atoms with E-state index in [4.69, 9.17) is 13.3 Å². The molecule has 0 aliphatic heterocycles. The van der Waals surface area contributed by atoms with Gasteiger partial charge in [-0.15, -0.1) is 0 Å². The van der Waals surface area contributed by atoms with Gasteiger partial charge in [-0.3, -0.25) is 4.39 Å². The van der Waals surface area contributed by atoms with E-state index in [0.29, 0.717) is 6.42 Å². The monoisotopic (exact) mass is 434 g/mol. The second-order valence-corrected chi connectivity index (χ2v) is 11.4. The van der Waals surface area contributed by atoms with Gasteiger partial charge in [-0.1, -0.05) is 103 Å². The van der Waals surface area contributed by atoms with Crippen LogP contribution in [-0.4, -0.2) is 36.3 Å². The van der Waals surface area contributed by atoms with E-state index in [-0.39, 0.29) is 6.67 Å². The molecule has 0 radical (unpaired) electrons. The summed E-state index contributed by atoms with van der Waals surface area (Å²) in [5.41, 5.74) is 0. The highest BCUT2D eigenvalue weighted by Gasteiger charge is 2.37. The first kappa shape index (κ1) is 29.0. The Bertz CT molecular complexity index is 315. The SMILES string of the molecule is CCCCCCCCCCCCCCO[Si](CCCCCCCCF)(OC)OC. The number of halogens is 1. The minimum Gasteiger partial charge on any atom is -0.377 e. The Balaban J connectivity index is 3.58. The highest BCUT2D eigenvalue weighted by atomic mass is 28.4. The molecule has 29 heavy (non-hydrogen) atoms. The Hall–Kier alpha value is 0.0269. The van der Waals surface area contributed by atoms with E-state index in [1.807, 2.05) is 0 Å². The number of hydrogen-bond donors (Lipinski definition) is 0. The summed E-state index contributed by atoms with van der Waals surface area (Å²) in [5, 5.41) is 0. The topological polar surface area (TPSA) is 27.7 Å². The van der Waals surface area contributed by atoms with Crippen LogP contribution in [0.1, 0.15) is 122 Å². The Labute approximate surface area is 182 Å². The van der Waals surface area contributed by atoms with Crippen LogP contribution in [0.5, 0.6) is 0 Å². The summed E-state index contributed by atoms with van der Waals surface area (Å²) in [4.78, 5) is 0. The molecule has 0 N–H and O–H groups in total. The summed E-state index contributed by atoms with van der Waals surface area (Å²) >= 11 is 0. The van der Waals surface area contributed by atoms with Crippen molar-refractivity contribution in [2.45, 2.75) is 129 Å². The molecule has 0 aliphatic rings. The fourth-order valence-electron chi connectivity index (χ4n) is 3.79. The zero-order valence-corrected chi connectivity index (χ0v) is 21.0. The van der Waals surface area contributed by atoms with E-state index in [1.165, 1.54) is 70.6 Å². The van der Waals surface area contributed by atoms with E-state index < -0.39 is 8.80 Å². The standard InChI is InChI=1S/C24H51FO3Si/c1-4-5-6-7-8-9-10-11-12-14-17-20-23-28-29(26-2,27-3)24-21-18-15-13-16-19-22-25/h4-24H2,1-3H3. The molecular formula is C24H51FO3Si. The van der Waals surface area contributed by atoms with E-state index in [0.717, 1.165) is 51.2 Å². The van der Waals surface area contributed by atoms with Crippen LogP contribution in [0.4, 0.5) is 4.39 Å².